The van der Waals surface area contributed by atoms with Gasteiger partial charge in [0.05, 0.1) is 23.8 Å². The molecule has 0 bridgehead atoms. The number of nitrogens with zero attached hydrogens (tertiary/aromatic N) is 3. The van der Waals surface area contributed by atoms with Gasteiger partial charge in [0.15, 0.2) is 0 Å². The molecule has 3 rings (SSSR count). The molecule has 1 aromatic carbocycles. The fourth-order valence-electron chi connectivity index (χ4n) is 3.02. The number of likely N-dealkylation sites (tertiary alicyclic amines) is 1. The number of benzene rings is 1. The molecule has 0 amide bonds. The van der Waals surface area contributed by atoms with Crippen molar-refractivity contribution in [3.8, 4) is 0 Å². The second kappa shape index (κ2) is 5.63. The summed E-state index contributed by atoms with van der Waals surface area (Å²) in [6.45, 7) is 2.54. The molecule has 5 nitrogen and oxygen atoms in total. The van der Waals surface area contributed by atoms with Crippen LogP contribution in [0.2, 0.25) is 0 Å². The number of imidazole rings is 1. The zero-order chi connectivity index (χ0) is 13.9. The van der Waals surface area contributed by atoms with Gasteiger partial charge in [-0.2, -0.15) is 0 Å². The summed E-state index contributed by atoms with van der Waals surface area (Å²) in [6, 6.07) is 8.54. The lowest BCUT2D eigenvalue weighted by molar-refractivity contribution is -0.137. The highest BCUT2D eigenvalue weighted by atomic mass is 16.4. The van der Waals surface area contributed by atoms with Gasteiger partial charge in [0, 0.05) is 19.1 Å². The monoisotopic (exact) mass is 273 g/mol. The van der Waals surface area contributed by atoms with Crippen LogP contribution in [-0.4, -0.2) is 44.7 Å². The fourth-order valence-corrected chi connectivity index (χ4v) is 3.02. The number of rotatable bonds is 5. The lowest BCUT2D eigenvalue weighted by atomic mass is 10.2. The van der Waals surface area contributed by atoms with Gasteiger partial charge in [-0.05, 0) is 31.5 Å². The summed E-state index contributed by atoms with van der Waals surface area (Å²) in [4.78, 5) is 17.4. The van der Waals surface area contributed by atoms with Crippen LogP contribution < -0.4 is 0 Å². The van der Waals surface area contributed by atoms with Crippen molar-refractivity contribution in [2.75, 3.05) is 13.1 Å². The number of aliphatic carboxylic acids is 1. The van der Waals surface area contributed by atoms with Crippen molar-refractivity contribution in [2.45, 2.75) is 31.8 Å². The molecule has 1 unspecified atom stereocenters. The Bertz CT molecular complexity index is 608. The Morgan fingerprint density at radius 1 is 1.40 bits per heavy atom. The summed E-state index contributed by atoms with van der Waals surface area (Å²) >= 11 is 0. The largest absolute Gasteiger partial charge is 0.481 e. The van der Waals surface area contributed by atoms with Crippen LogP contribution in [0.15, 0.2) is 30.6 Å². The summed E-state index contributed by atoms with van der Waals surface area (Å²) in [5, 5.41) is 8.82. The first-order valence-electron chi connectivity index (χ1n) is 7.10. The molecule has 1 aromatic heterocycles. The van der Waals surface area contributed by atoms with E-state index in [1.54, 1.807) is 0 Å². The maximum Gasteiger partial charge on any atom is 0.304 e. The van der Waals surface area contributed by atoms with Crippen LogP contribution in [0.4, 0.5) is 0 Å². The number of aromatic nitrogens is 2. The predicted molar refractivity (Wildman–Crippen MR) is 76.6 cm³/mol. The van der Waals surface area contributed by atoms with Crippen molar-refractivity contribution >= 4 is 17.0 Å². The maximum atomic E-state index is 10.7. The minimum atomic E-state index is -0.719. The molecule has 106 valence electrons. The summed E-state index contributed by atoms with van der Waals surface area (Å²) in [5.74, 6) is -0.719. The number of hydrogen-bond donors (Lipinski definition) is 1. The van der Waals surface area contributed by atoms with Crippen LogP contribution in [0.5, 0.6) is 0 Å². The molecule has 2 heterocycles. The van der Waals surface area contributed by atoms with Crippen molar-refractivity contribution < 1.29 is 9.90 Å². The minimum Gasteiger partial charge on any atom is -0.481 e. The van der Waals surface area contributed by atoms with Gasteiger partial charge in [0.2, 0.25) is 0 Å². The van der Waals surface area contributed by atoms with Crippen LogP contribution >= 0.6 is 0 Å². The molecule has 0 radical (unpaired) electrons. The fraction of sp³-hybridized carbons (Fsp3) is 0.467. The van der Waals surface area contributed by atoms with Gasteiger partial charge in [0.1, 0.15) is 0 Å². The van der Waals surface area contributed by atoms with E-state index in [9.17, 15) is 4.79 Å². The van der Waals surface area contributed by atoms with Crippen molar-refractivity contribution in [3.63, 3.8) is 0 Å². The molecule has 0 saturated carbocycles. The summed E-state index contributed by atoms with van der Waals surface area (Å²) < 4.78 is 2.18. The molecule has 0 aliphatic carbocycles. The topological polar surface area (TPSA) is 58.4 Å². The van der Waals surface area contributed by atoms with E-state index in [0.717, 1.165) is 37.0 Å². The van der Waals surface area contributed by atoms with E-state index >= 15 is 0 Å². The molecule has 5 heteroatoms. The Balaban J connectivity index is 1.71. The van der Waals surface area contributed by atoms with E-state index in [0.29, 0.717) is 12.6 Å². The van der Waals surface area contributed by atoms with Crippen molar-refractivity contribution in [1.82, 2.24) is 14.5 Å². The Hall–Kier alpha value is -1.88. The molecular weight excluding hydrogens is 254 g/mol. The molecule has 1 aliphatic rings. The van der Waals surface area contributed by atoms with E-state index in [1.807, 2.05) is 24.5 Å². The highest BCUT2D eigenvalue weighted by molar-refractivity contribution is 5.74. The van der Waals surface area contributed by atoms with Crippen molar-refractivity contribution in [2.24, 2.45) is 0 Å². The molecular formula is C15H19N3O2. The average Bonchev–Trinajstić information content (AvgIpc) is 3.05. The number of para-hydroxylation sites is 2. The Labute approximate surface area is 117 Å². The molecule has 1 atom stereocenters. The van der Waals surface area contributed by atoms with Gasteiger partial charge in [0.25, 0.3) is 0 Å². The van der Waals surface area contributed by atoms with E-state index in [4.69, 9.17) is 5.11 Å². The average molecular weight is 273 g/mol. The molecule has 1 aliphatic heterocycles. The van der Waals surface area contributed by atoms with Crippen molar-refractivity contribution in [1.29, 1.82) is 0 Å². The quantitative estimate of drug-likeness (QED) is 0.905. The summed E-state index contributed by atoms with van der Waals surface area (Å²) in [5.41, 5.74) is 2.17. The van der Waals surface area contributed by atoms with Gasteiger partial charge in [-0.15, -0.1) is 0 Å². The summed E-state index contributed by atoms with van der Waals surface area (Å²) in [7, 11) is 0. The first-order chi connectivity index (χ1) is 9.74. The molecule has 2 aromatic rings. The highest BCUT2D eigenvalue weighted by Crippen LogP contribution is 2.21. The zero-order valence-corrected chi connectivity index (χ0v) is 11.4. The number of fused-ring (bicyclic) bond motifs is 1. The summed E-state index contributed by atoms with van der Waals surface area (Å²) in [6.07, 6.45) is 4.39. The molecule has 20 heavy (non-hydrogen) atoms. The second-order valence-electron chi connectivity index (χ2n) is 5.36. The standard InChI is InChI=1S/C15H19N3O2/c19-15(20)7-9-17-8-3-4-12(17)10-18-11-16-13-5-1-2-6-14(13)18/h1-2,5-6,11-12H,3-4,7-10H2,(H,19,20). The van der Waals surface area contributed by atoms with Crippen LogP contribution in [-0.2, 0) is 11.3 Å². The van der Waals surface area contributed by atoms with Crippen molar-refractivity contribution in [3.05, 3.63) is 30.6 Å². The number of carboxylic acids is 1. The predicted octanol–water partition coefficient (Wildman–Crippen LogP) is 1.98. The zero-order valence-electron chi connectivity index (χ0n) is 11.4. The van der Waals surface area contributed by atoms with Gasteiger partial charge in [-0.1, -0.05) is 12.1 Å². The van der Waals surface area contributed by atoms with Crippen LogP contribution in [0.3, 0.4) is 0 Å². The lowest BCUT2D eigenvalue weighted by Gasteiger charge is -2.24. The Kier molecular flexibility index (Phi) is 3.69. The van der Waals surface area contributed by atoms with E-state index in [-0.39, 0.29) is 6.42 Å². The van der Waals surface area contributed by atoms with Gasteiger partial charge < -0.3 is 9.67 Å². The van der Waals surface area contributed by atoms with Gasteiger partial charge in [-0.25, -0.2) is 4.98 Å². The van der Waals surface area contributed by atoms with Gasteiger partial charge >= 0.3 is 5.97 Å². The third-order valence-corrected chi connectivity index (χ3v) is 4.05. The first kappa shape index (κ1) is 13.1. The Morgan fingerprint density at radius 3 is 3.10 bits per heavy atom. The van der Waals surface area contributed by atoms with Crippen LogP contribution in [0.25, 0.3) is 11.0 Å². The normalized spacial score (nSPS) is 19.7. The number of hydrogen-bond acceptors (Lipinski definition) is 3. The first-order valence-corrected chi connectivity index (χ1v) is 7.10. The highest BCUT2D eigenvalue weighted by Gasteiger charge is 2.25. The number of carboxylic acid groups (broad SMARTS) is 1. The van der Waals surface area contributed by atoms with Crippen LogP contribution in [0, 0.1) is 0 Å². The smallest absolute Gasteiger partial charge is 0.304 e. The minimum absolute atomic E-state index is 0.223. The molecule has 1 fully saturated rings. The lowest BCUT2D eigenvalue weighted by Crippen LogP contribution is -2.34. The van der Waals surface area contributed by atoms with Gasteiger partial charge in [-0.3, -0.25) is 9.69 Å². The maximum absolute atomic E-state index is 10.7. The molecule has 1 N–H and O–H groups in total. The van der Waals surface area contributed by atoms with E-state index in [1.165, 1.54) is 0 Å². The molecule has 0 spiro atoms. The number of carbonyl (C=O) groups is 1. The van der Waals surface area contributed by atoms with Crippen LogP contribution in [0.1, 0.15) is 19.3 Å². The Morgan fingerprint density at radius 2 is 2.25 bits per heavy atom. The van der Waals surface area contributed by atoms with E-state index < -0.39 is 5.97 Å². The SMILES string of the molecule is O=C(O)CCN1CCCC1Cn1cnc2ccccc21. The third kappa shape index (κ3) is 2.67. The van der Waals surface area contributed by atoms with E-state index in [2.05, 4.69) is 20.5 Å². The second-order valence-corrected chi connectivity index (χ2v) is 5.36. The molecule has 1 saturated heterocycles. The third-order valence-electron chi connectivity index (χ3n) is 4.05.